The molecular formula is C23H38N2O2. The molecule has 1 aliphatic carbocycles. The minimum absolute atomic E-state index is 0.0851. The maximum Gasteiger partial charge on any atom is 0.211 e. The minimum atomic E-state index is 0.0851. The summed E-state index contributed by atoms with van der Waals surface area (Å²) in [6.45, 7) is 8.07. The van der Waals surface area contributed by atoms with Crippen molar-refractivity contribution in [2.24, 2.45) is 0 Å². The van der Waals surface area contributed by atoms with Gasteiger partial charge in [0.05, 0.1) is 6.10 Å². The van der Waals surface area contributed by atoms with Crippen molar-refractivity contribution in [3.63, 3.8) is 0 Å². The topological polar surface area (TPSA) is 41.6 Å². The van der Waals surface area contributed by atoms with Crippen LogP contribution >= 0.6 is 0 Å². The molecule has 1 N–H and O–H groups in total. The Morgan fingerprint density at radius 1 is 1.26 bits per heavy atom. The van der Waals surface area contributed by atoms with Gasteiger partial charge in [0.1, 0.15) is 0 Å². The van der Waals surface area contributed by atoms with E-state index >= 15 is 0 Å². The van der Waals surface area contributed by atoms with Crippen molar-refractivity contribution in [2.75, 3.05) is 14.2 Å². The fourth-order valence-electron chi connectivity index (χ4n) is 3.70. The summed E-state index contributed by atoms with van der Waals surface area (Å²) in [5, 5.41) is 2.68. The molecule has 0 aromatic carbocycles. The molecule has 4 heteroatoms. The number of methoxy groups -OCH3 is 1. The van der Waals surface area contributed by atoms with Crippen LogP contribution in [0.5, 0.6) is 0 Å². The van der Waals surface area contributed by atoms with Crippen molar-refractivity contribution in [3.8, 4) is 0 Å². The zero-order valence-corrected chi connectivity index (χ0v) is 17.7. The Morgan fingerprint density at radius 2 is 1.93 bits per heavy atom. The van der Waals surface area contributed by atoms with Crippen molar-refractivity contribution in [3.05, 3.63) is 47.9 Å². The lowest BCUT2D eigenvalue weighted by Crippen LogP contribution is -2.31. The Hall–Kier alpha value is -1.81. The van der Waals surface area contributed by atoms with Crippen molar-refractivity contribution in [1.82, 2.24) is 10.2 Å². The van der Waals surface area contributed by atoms with E-state index in [1.165, 1.54) is 49.8 Å². The van der Waals surface area contributed by atoms with Gasteiger partial charge in [-0.15, -0.1) is 0 Å². The van der Waals surface area contributed by atoms with E-state index < -0.39 is 0 Å². The molecule has 0 radical (unpaired) electrons. The number of carbonyl (C=O) groups excluding carboxylic acids is 1. The van der Waals surface area contributed by atoms with Crippen LogP contribution in [-0.4, -0.2) is 37.6 Å². The molecule has 0 aromatic rings. The highest BCUT2D eigenvalue weighted by Gasteiger charge is 2.20. The minimum Gasteiger partial charge on any atom is -0.377 e. The number of nitrogens with zero attached hydrogens (tertiary/aromatic N) is 1. The first kappa shape index (κ1) is 23.2. The molecule has 1 unspecified atom stereocenters. The Morgan fingerprint density at radius 3 is 2.44 bits per heavy atom. The third-order valence-electron chi connectivity index (χ3n) is 5.40. The predicted molar refractivity (Wildman–Crippen MR) is 114 cm³/mol. The molecule has 1 fully saturated rings. The summed E-state index contributed by atoms with van der Waals surface area (Å²) in [7, 11) is 3.94. The molecule has 1 aliphatic rings. The summed E-state index contributed by atoms with van der Waals surface area (Å²) in [5.74, 6) is 0. The van der Waals surface area contributed by atoms with E-state index in [0.717, 1.165) is 12.8 Å². The van der Waals surface area contributed by atoms with Crippen molar-refractivity contribution in [1.29, 1.82) is 0 Å². The second-order valence-electron chi connectivity index (χ2n) is 7.31. The maximum absolute atomic E-state index is 10.8. The fraction of sp³-hybridized carbons (Fsp3) is 0.609. The lowest BCUT2D eigenvalue weighted by Gasteiger charge is -2.32. The molecule has 1 rings (SSSR count). The Balaban J connectivity index is 2.98. The van der Waals surface area contributed by atoms with E-state index in [1.807, 2.05) is 19.1 Å². The largest absolute Gasteiger partial charge is 0.377 e. The molecule has 0 aromatic heterocycles. The van der Waals surface area contributed by atoms with Crippen molar-refractivity contribution < 1.29 is 9.53 Å². The first-order chi connectivity index (χ1) is 13.0. The van der Waals surface area contributed by atoms with Crippen molar-refractivity contribution in [2.45, 2.75) is 77.4 Å². The van der Waals surface area contributed by atoms with Crippen LogP contribution in [0.1, 0.15) is 65.2 Å². The van der Waals surface area contributed by atoms with Gasteiger partial charge in [0.2, 0.25) is 6.41 Å². The Kier molecular flexibility index (Phi) is 11.5. The van der Waals surface area contributed by atoms with Gasteiger partial charge in [0.15, 0.2) is 0 Å². The second-order valence-corrected chi connectivity index (χ2v) is 7.31. The summed E-state index contributed by atoms with van der Waals surface area (Å²) >= 11 is 0. The molecule has 27 heavy (non-hydrogen) atoms. The monoisotopic (exact) mass is 374 g/mol. The van der Waals surface area contributed by atoms with Crippen LogP contribution in [0.2, 0.25) is 0 Å². The molecule has 1 atom stereocenters. The lowest BCUT2D eigenvalue weighted by atomic mass is 9.99. The van der Waals surface area contributed by atoms with Crippen LogP contribution in [0.25, 0.3) is 0 Å². The molecular weight excluding hydrogens is 336 g/mol. The van der Waals surface area contributed by atoms with Crippen LogP contribution in [0.4, 0.5) is 0 Å². The fourth-order valence-corrected chi connectivity index (χ4v) is 3.70. The van der Waals surface area contributed by atoms with Crippen LogP contribution < -0.4 is 5.32 Å². The molecule has 0 saturated heterocycles. The smallest absolute Gasteiger partial charge is 0.211 e. The van der Waals surface area contributed by atoms with E-state index in [-0.39, 0.29) is 6.10 Å². The quantitative estimate of drug-likeness (QED) is 0.237. The summed E-state index contributed by atoms with van der Waals surface area (Å²) in [6.07, 6.45) is 18.5. The van der Waals surface area contributed by atoms with E-state index in [1.54, 1.807) is 7.11 Å². The van der Waals surface area contributed by atoms with Gasteiger partial charge < -0.3 is 15.0 Å². The molecule has 0 heterocycles. The first-order valence-electron chi connectivity index (χ1n) is 10.2. The van der Waals surface area contributed by atoms with Gasteiger partial charge in [-0.3, -0.25) is 4.79 Å². The number of ether oxygens (including phenoxy) is 1. The molecule has 0 bridgehead atoms. The molecule has 4 nitrogen and oxygen atoms in total. The van der Waals surface area contributed by atoms with Gasteiger partial charge in [-0.25, -0.2) is 0 Å². The zero-order valence-electron chi connectivity index (χ0n) is 17.7. The first-order valence-corrected chi connectivity index (χ1v) is 10.2. The summed E-state index contributed by atoms with van der Waals surface area (Å²) in [5.41, 5.74) is 3.16. The summed E-state index contributed by atoms with van der Waals surface area (Å²) in [6, 6.07) is 0.551. The van der Waals surface area contributed by atoms with Crippen LogP contribution in [0.3, 0.4) is 0 Å². The molecule has 152 valence electrons. The van der Waals surface area contributed by atoms with Gasteiger partial charge in [-0.1, -0.05) is 56.1 Å². The second kappa shape index (κ2) is 13.4. The summed E-state index contributed by atoms with van der Waals surface area (Å²) < 4.78 is 5.58. The SMILES string of the molecule is C=C(/C=C(/C/C(=C/C)CC(/C=C\C)OC)N(C)C1CCCCCC1)NC=O. The van der Waals surface area contributed by atoms with Gasteiger partial charge >= 0.3 is 0 Å². The molecule has 0 spiro atoms. The highest BCUT2D eigenvalue weighted by molar-refractivity contribution is 5.51. The van der Waals surface area contributed by atoms with E-state index in [2.05, 4.69) is 42.9 Å². The van der Waals surface area contributed by atoms with E-state index in [0.29, 0.717) is 18.1 Å². The van der Waals surface area contributed by atoms with Gasteiger partial charge in [0.25, 0.3) is 0 Å². The normalized spacial score (nSPS) is 18.2. The van der Waals surface area contributed by atoms with Gasteiger partial charge in [-0.05, 0) is 39.2 Å². The van der Waals surface area contributed by atoms with Crippen LogP contribution in [-0.2, 0) is 9.53 Å². The number of nitrogens with one attached hydrogen (secondary N) is 1. The maximum atomic E-state index is 10.8. The van der Waals surface area contributed by atoms with E-state index in [4.69, 9.17) is 4.74 Å². The Bertz CT molecular complexity index is 541. The molecule has 0 aliphatic heterocycles. The summed E-state index contributed by atoms with van der Waals surface area (Å²) in [4.78, 5) is 13.2. The number of carbonyl (C=O) groups is 1. The predicted octanol–water partition coefficient (Wildman–Crippen LogP) is 5.10. The standard InChI is InChI=1S/C23H38N2O2/c1-6-12-23(27-5)17-20(7-2)16-22(15-19(3)24-18-26)25(4)21-13-10-8-9-11-14-21/h6-7,12,15,18,21,23H,3,8-11,13-14,16-17H2,1-2,4-5H3,(H,24,26)/b12-6-,20-7-,22-15-. The van der Waals surface area contributed by atoms with Gasteiger partial charge in [-0.2, -0.15) is 0 Å². The third kappa shape index (κ3) is 8.61. The molecule has 1 amide bonds. The number of hydrogen-bond donors (Lipinski definition) is 1. The number of allylic oxidation sites excluding steroid dienone is 4. The average Bonchev–Trinajstić information content (AvgIpc) is 2.95. The highest BCUT2D eigenvalue weighted by Crippen LogP contribution is 2.28. The highest BCUT2D eigenvalue weighted by atomic mass is 16.5. The van der Waals surface area contributed by atoms with Crippen molar-refractivity contribution >= 4 is 6.41 Å². The van der Waals surface area contributed by atoms with E-state index in [9.17, 15) is 4.79 Å². The average molecular weight is 375 g/mol. The number of amides is 1. The number of rotatable bonds is 11. The lowest BCUT2D eigenvalue weighted by molar-refractivity contribution is -0.108. The Labute approximate surface area is 166 Å². The van der Waals surface area contributed by atoms with Gasteiger partial charge in [0, 0.05) is 38.0 Å². The number of hydrogen-bond acceptors (Lipinski definition) is 3. The van der Waals surface area contributed by atoms with Crippen LogP contribution in [0.15, 0.2) is 47.9 Å². The zero-order chi connectivity index (χ0) is 20.1. The third-order valence-corrected chi connectivity index (χ3v) is 5.40. The van der Waals surface area contributed by atoms with Crippen LogP contribution in [0, 0.1) is 0 Å². The molecule has 1 saturated carbocycles.